The maximum atomic E-state index is 10.8. The minimum Gasteiger partial charge on any atom is -0.305 e. The van der Waals surface area contributed by atoms with E-state index in [9.17, 15) is 4.79 Å². The van der Waals surface area contributed by atoms with E-state index in [0.717, 1.165) is 6.04 Å². The summed E-state index contributed by atoms with van der Waals surface area (Å²) in [6, 6.07) is 2.99. The van der Waals surface area contributed by atoms with Gasteiger partial charge in [-0.1, -0.05) is 32.2 Å². The van der Waals surface area contributed by atoms with Crippen LogP contribution in [0.1, 0.15) is 32.6 Å². The van der Waals surface area contributed by atoms with Crippen molar-refractivity contribution in [1.82, 2.24) is 0 Å². The molecule has 0 aliphatic heterocycles. The van der Waals surface area contributed by atoms with Crippen molar-refractivity contribution >= 4 is 14.9 Å². The van der Waals surface area contributed by atoms with Crippen LogP contribution in [0.25, 0.3) is 0 Å². The lowest BCUT2D eigenvalue weighted by molar-refractivity contribution is -0.111. The van der Waals surface area contributed by atoms with Crippen LogP contribution in [0.3, 0.4) is 0 Å². The standard InChI is InChI=1S/C8H15NOSi/c1-2-3-4-7-11-8(10)5-6-9/h2-5,7,11H2,1H3. The van der Waals surface area contributed by atoms with E-state index < -0.39 is 9.52 Å². The van der Waals surface area contributed by atoms with Crippen molar-refractivity contribution in [3.05, 3.63) is 0 Å². The molecule has 0 fully saturated rings. The Balaban J connectivity index is 3.12. The fraction of sp³-hybridized carbons (Fsp3) is 0.750. The molecule has 0 N–H and O–H groups in total. The molecule has 2 nitrogen and oxygen atoms in total. The van der Waals surface area contributed by atoms with Gasteiger partial charge in [0.05, 0.1) is 12.5 Å². The molecule has 0 rings (SSSR count). The fourth-order valence-corrected chi connectivity index (χ4v) is 2.21. The Morgan fingerprint density at radius 3 is 2.82 bits per heavy atom. The van der Waals surface area contributed by atoms with Crippen molar-refractivity contribution in [2.24, 2.45) is 0 Å². The van der Waals surface area contributed by atoms with E-state index in [1.165, 1.54) is 19.3 Å². The first kappa shape index (κ1) is 10.4. The molecule has 0 bridgehead atoms. The summed E-state index contributed by atoms with van der Waals surface area (Å²) in [6.07, 6.45) is 3.77. The monoisotopic (exact) mass is 169 g/mol. The molecule has 0 atom stereocenters. The van der Waals surface area contributed by atoms with Gasteiger partial charge < -0.3 is 4.79 Å². The van der Waals surface area contributed by atoms with Gasteiger partial charge in [-0.25, -0.2) is 0 Å². The molecule has 0 radical (unpaired) electrons. The van der Waals surface area contributed by atoms with Crippen molar-refractivity contribution in [2.75, 3.05) is 0 Å². The lowest BCUT2D eigenvalue weighted by Gasteiger charge is -1.94. The Hall–Kier alpha value is -0.623. The lowest BCUT2D eigenvalue weighted by atomic mass is 10.3. The van der Waals surface area contributed by atoms with E-state index in [2.05, 4.69) is 6.92 Å². The Morgan fingerprint density at radius 2 is 2.27 bits per heavy atom. The number of hydrogen-bond acceptors (Lipinski definition) is 2. The maximum Gasteiger partial charge on any atom is 0.118 e. The van der Waals surface area contributed by atoms with E-state index in [1.54, 1.807) is 0 Å². The largest absolute Gasteiger partial charge is 0.305 e. The van der Waals surface area contributed by atoms with Gasteiger partial charge in [0, 0.05) is 0 Å². The summed E-state index contributed by atoms with van der Waals surface area (Å²) in [5.74, 6) is 0. The summed E-state index contributed by atoms with van der Waals surface area (Å²) in [5.41, 5.74) is 0. The second kappa shape index (κ2) is 7.48. The number of carbonyl (C=O) groups excluding carboxylic acids is 1. The Kier molecular flexibility index (Phi) is 7.06. The number of nitriles is 1. The average molecular weight is 169 g/mol. The molecule has 0 saturated heterocycles. The van der Waals surface area contributed by atoms with Crippen LogP contribution in [0.15, 0.2) is 0 Å². The van der Waals surface area contributed by atoms with Crippen LogP contribution < -0.4 is 0 Å². The minimum absolute atomic E-state index is 0.151. The molecular formula is C8H15NOSi. The van der Waals surface area contributed by atoms with E-state index >= 15 is 0 Å². The second-order valence-electron chi connectivity index (χ2n) is 2.68. The fourth-order valence-electron chi connectivity index (χ4n) is 0.926. The molecule has 0 heterocycles. The zero-order chi connectivity index (χ0) is 8.53. The van der Waals surface area contributed by atoms with Gasteiger partial charge in [0.1, 0.15) is 14.9 Å². The van der Waals surface area contributed by atoms with Gasteiger partial charge in [-0.15, -0.1) is 0 Å². The quantitative estimate of drug-likeness (QED) is 0.443. The second-order valence-corrected chi connectivity index (χ2v) is 4.68. The van der Waals surface area contributed by atoms with Gasteiger partial charge in [-0.3, -0.25) is 0 Å². The zero-order valence-corrected chi connectivity index (χ0v) is 8.51. The molecule has 0 aliphatic carbocycles. The van der Waals surface area contributed by atoms with E-state index in [4.69, 9.17) is 5.26 Å². The number of rotatable bonds is 6. The molecule has 62 valence electrons. The Labute approximate surface area is 70.4 Å². The Morgan fingerprint density at radius 1 is 1.55 bits per heavy atom. The molecule has 0 spiro atoms. The van der Waals surface area contributed by atoms with Gasteiger partial charge >= 0.3 is 0 Å². The van der Waals surface area contributed by atoms with E-state index in [1.807, 2.05) is 6.07 Å². The molecule has 0 amide bonds. The SMILES string of the molecule is CCCCC[SiH2]C(=O)CC#N. The van der Waals surface area contributed by atoms with Crippen molar-refractivity contribution in [1.29, 1.82) is 5.26 Å². The summed E-state index contributed by atoms with van der Waals surface area (Å²) in [6.45, 7) is 2.15. The van der Waals surface area contributed by atoms with Gasteiger partial charge in [0.2, 0.25) is 0 Å². The number of nitrogens with zero attached hydrogens (tertiary/aromatic N) is 1. The highest BCUT2D eigenvalue weighted by Gasteiger charge is 1.99. The highest BCUT2D eigenvalue weighted by molar-refractivity contribution is 6.74. The minimum atomic E-state index is -0.557. The summed E-state index contributed by atoms with van der Waals surface area (Å²) in [7, 11) is -0.557. The van der Waals surface area contributed by atoms with Gasteiger partial charge in [0.15, 0.2) is 0 Å². The molecular weight excluding hydrogens is 154 g/mol. The van der Waals surface area contributed by atoms with Crippen molar-refractivity contribution in [3.63, 3.8) is 0 Å². The molecule has 0 aromatic rings. The number of unbranched alkanes of at least 4 members (excludes halogenated alkanes) is 2. The number of hydrogen-bond donors (Lipinski definition) is 0. The van der Waals surface area contributed by atoms with Crippen LogP contribution in [-0.2, 0) is 4.79 Å². The highest BCUT2D eigenvalue weighted by atomic mass is 28.2. The van der Waals surface area contributed by atoms with Crippen molar-refractivity contribution < 1.29 is 4.79 Å². The first-order valence-corrected chi connectivity index (χ1v) is 5.90. The van der Waals surface area contributed by atoms with Gasteiger partial charge in [-0.2, -0.15) is 5.26 Å². The van der Waals surface area contributed by atoms with Gasteiger partial charge in [-0.05, 0) is 0 Å². The van der Waals surface area contributed by atoms with Crippen molar-refractivity contribution in [2.45, 2.75) is 38.7 Å². The normalized spacial score (nSPS) is 10.2. The first-order valence-electron chi connectivity index (χ1n) is 4.20. The van der Waals surface area contributed by atoms with Crippen LogP contribution in [0.5, 0.6) is 0 Å². The van der Waals surface area contributed by atoms with Crippen LogP contribution in [0, 0.1) is 11.3 Å². The first-order chi connectivity index (χ1) is 5.31. The van der Waals surface area contributed by atoms with Crippen molar-refractivity contribution in [3.8, 4) is 6.07 Å². The third-order valence-electron chi connectivity index (χ3n) is 1.59. The Bertz CT molecular complexity index is 151. The zero-order valence-electron chi connectivity index (χ0n) is 7.10. The van der Waals surface area contributed by atoms with Crippen LogP contribution in [0.4, 0.5) is 0 Å². The van der Waals surface area contributed by atoms with Crippen LogP contribution in [0.2, 0.25) is 6.04 Å². The summed E-state index contributed by atoms with van der Waals surface area (Å²) in [4.78, 5) is 10.8. The summed E-state index contributed by atoms with van der Waals surface area (Å²) < 4.78 is 0. The van der Waals surface area contributed by atoms with Crippen LogP contribution >= 0.6 is 0 Å². The van der Waals surface area contributed by atoms with Gasteiger partial charge in [0.25, 0.3) is 0 Å². The lowest BCUT2D eigenvalue weighted by Crippen LogP contribution is -2.06. The maximum absolute atomic E-state index is 10.8. The average Bonchev–Trinajstić information content (AvgIpc) is 1.99. The molecule has 0 aromatic heterocycles. The summed E-state index contributed by atoms with van der Waals surface area (Å²) >= 11 is 0. The van der Waals surface area contributed by atoms with Crippen LogP contribution in [-0.4, -0.2) is 14.9 Å². The predicted octanol–water partition coefficient (Wildman–Crippen LogP) is 1.20. The molecule has 0 saturated carbocycles. The smallest absolute Gasteiger partial charge is 0.118 e. The molecule has 0 aromatic carbocycles. The third kappa shape index (κ3) is 7.27. The molecule has 0 unspecified atom stereocenters. The molecule has 11 heavy (non-hydrogen) atoms. The van der Waals surface area contributed by atoms with E-state index in [0.29, 0.717) is 0 Å². The third-order valence-corrected chi connectivity index (χ3v) is 3.25. The summed E-state index contributed by atoms with van der Waals surface area (Å²) in [5, 5.41) is 8.42. The highest BCUT2D eigenvalue weighted by Crippen LogP contribution is 1.98. The number of carbonyl (C=O) groups is 1. The topological polar surface area (TPSA) is 40.9 Å². The molecule has 3 heteroatoms. The van der Waals surface area contributed by atoms with E-state index in [-0.39, 0.29) is 11.8 Å². The molecule has 0 aliphatic rings. The predicted molar refractivity (Wildman–Crippen MR) is 48.1 cm³/mol.